The number of thiophene rings is 3. The fourth-order valence-corrected chi connectivity index (χ4v) is 6.68. The minimum absolute atomic E-state index is 0. The van der Waals surface area contributed by atoms with Crippen LogP contribution in [0.25, 0.3) is 21.8 Å². The first-order chi connectivity index (χ1) is 26.2. The van der Waals surface area contributed by atoms with E-state index in [0.29, 0.717) is 14.6 Å². The van der Waals surface area contributed by atoms with Crippen molar-refractivity contribution in [2.45, 2.75) is 74.4 Å². The molecular formula is C36H35EuF9N2O6S3. The zero-order valence-corrected chi connectivity index (χ0v) is 33.9. The molecule has 0 aliphatic rings. The maximum Gasteiger partial charge on any atom is 0.414 e. The summed E-state index contributed by atoms with van der Waals surface area (Å²) in [5, 5.41) is 61.1. The van der Waals surface area contributed by atoms with Crippen LogP contribution in [0.15, 0.2) is 101 Å². The van der Waals surface area contributed by atoms with Crippen molar-refractivity contribution in [2.24, 2.45) is 0 Å². The van der Waals surface area contributed by atoms with Crippen LogP contribution in [0.5, 0.6) is 0 Å². The van der Waals surface area contributed by atoms with Crippen LogP contribution in [0.2, 0.25) is 0 Å². The van der Waals surface area contributed by atoms with Gasteiger partial charge in [0, 0.05) is 106 Å². The van der Waals surface area contributed by atoms with Crippen LogP contribution in [0.1, 0.15) is 52.2 Å². The molecule has 6 aromatic rings. The van der Waals surface area contributed by atoms with Gasteiger partial charge in [-0.15, -0.1) is 34.0 Å². The number of hydrogen-bond donors (Lipinski definition) is 6. The van der Waals surface area contributed by atoms with E-state index in [1.807, 2.05) is 12.1 Å². The molecule has 6 rings (SSSR count). The number of nitrogens with zero attached hydrogens (tertiary/aromatic N) is 2. The number of halogens is 9. The van der Waals surface area contributed by atoms with E-state index in [4.69, 9.17) is 15.3 Å². The van der Waals surface area contributed by atoms with Crippen molar-refractivity contribution in [1.29, 1.82) is 0 Å². The summed E-state index contributed by atoms with van der Waals surface area (Å²) in [4.78, 5) is 9.97. The Morgan fingerprint density at radius 3 is 0.947 bits per heavy atom. The normalized spacial score (nSPS) is 14.9. The van der Waals surface area contributed by atoms with Crippen LogP contribution in [0, 0.1) is 49.4 Å². The van der Waals surface area contributed by atoms with E-state index in [2.05, 4.69) is 34.2 Å². The molecule has 21 heteroatoms. The first kappa shape index (κ1) is 51.0. The largest absolute Gasteiger partial charge is 0.414 e. The van der Waals surface area contributed by atoms with Crippen LogP contribution < -0.4 is 0 Å². The molecule has 8 nitrogen and oxygen atoms in total. The van der Waals surface area contributed by atoms with Gasteiger partial charge < -0.3 is 30.6 Å². The van der Waals surface area contributed by atoms with Crippen LogP contribution in [-0.4, -0.2) is 77.4 Å². The van der Waals surface area contributed by atoms with Gasteiger partial charge in [0.05, 0.1) is 29.3 Å². The number of benzene rings is 1. The second-order valence-electron chi connectivity index (χ2n) is 11.7. The van der Waals surface area contributed by atoms with E-state index >= 15 is 0 Å². The number of aliphatic hydroxyl groups excluding tert-OH is 6. The summed E-state index contributed by atoms with van der Waals surface area (Å²) in [6.45, 7) is 0. The summed E-state index contributed by atoms with van der Waals surface area (Å²) >= 11 is 3.47. The molecule has 5 heterocycles. The molecular weight excluding hydrogens is 976 g/mol. The Hall–Kier alpha value is -2.15. The van der Waals surface area contributed by atoms with Gasteiger partial charge in [-0.3, -0.25) is 9.97 Å². The smallest absolute Gasteiger partial charge is 0.387 e. The predicted molar refractivity (Wildman–Crippen MR) is 195 cm³/mol. The quantitative estimate of drug-likeness (QED) is 0.0622. The summed E-state index contributed by atoms with van der Waals surface area (Å²) in [7, 11) is 0. The predicted octanol–water partition coefficient (Wildman–Crippen LogP) is 9.07. The van der Waals surface area contributed by atoms with Crippen molar-refractivity contribution in [1.82, 2.24) is 9.97 Å². The monoisotopic (exact) mass is 1010 g/mol. The third kappa shape index (κ3) is 17.2. The maximum absolute atomic E-state index is 11.9. The molecule has 5 aromatic heterocycles. The average molecular weight is 1010 g/mol. The minimum atomic E-state index is -4.67. The van der Waals surface area contributed by atoms with Gasteiger partial charge in [-0.25, -0.2) is 0 Å². The average Bonchev–Trinajstić information content (AvgIpc) is 3.96. The molecule has 0 aliphatic heterocycles. The first-order valence-electron chi connectivity index (χ1n) is 16.2. The number of aromatic nitrogens is 2. The van der Waals surface area contributed by atoms with Crippen LogP contribution in [0.3, 0.4) is 0 Å². The van der Waals surface area contributed by atoms with Gasteiger partial charge in [-0.2, -0.15) is 39.5 Å². The van der Waals surface area contributed by atoms with Gasteiger partial charge in [0.1, 0.15) is 0 Å². The SMILES string of the molecule is OC(CC(O)C(F)(F)F)c1cccs1.OC(CC(O)C(F)(F)F)c1cccs1.OC(CC(O)C(F)(F)F)c1cccs1.[Eu].c1cnc2c(c1)ccc1cccnc12. The van der Waals surface area contributed by atoms with E-state index in [9.17, 15) is 54.8 Å². The third-order valence-electron chi connectivity index (χ3n) is 7.43. The van der Waals surface area contributed by atoms with Crippen molar-refractivity contribution >= 4 is 55.8 Å². The number of pyridine rings is 2. The molecule has 313 valence electrons. The van der Waals surface area contributed by atoms with Crippen molar-refractivity contribution in [3.63, 3.8) is 0 Å². The second-order valence-corrected chi connectivity index (χ2v) is 14.6. The zero-order chi connectivity index (χ0) is 41.7. The van der Waals surface area contributed by atoms with E-state index in [1.165, 1.54) is 18.2 Å². The van der Waals surface area contributed by atoms with Crippen LogP contribution in [0.4, 0.5) is 39.5 Å². The van der Waals surface area contributed by atoms with Gasteiger partial charge >= 0.3 is 18.5 Å². The molecule has 0 saturated carbocycles. The van der Waals surface area contributed by atoms with E-state index in [1.54, 1.807) is 46.7 Å². The maximum atomic E-state index is 11.9. The molecule has 6 unspecified atom stereocenters. The second kappa shape index (κ2) is 23.6. The zero-order valence-electron chi connectivity index (χ0n) is 29.0. The van der Waals surface area contributed by atoms with Crippen LogP contribution in [-0.2, 0) is 0 Å². The van der Waals surface area contributed by atoms with Gasteiger partial charge in [0.2, 0.25) is 0 Å². The topological polar surface area (TPSA) is 147 Å². The summed E-state index contributed by atoms with van der Waals surface area (Å²) in [6.07, 6.45) is -23.7. The summed E-state index contributed by atoms with van der Waals surface area (Å²) in [5.74, 6) is 0. The fraction of sp³-hybridized carbons (Fsp3) is 0.333. The van der Waals surface area contributed by atoms with Crippen molar-refractivity contribution in [3.8, 4) is 0 Å². The van der Waals surface area contributed by atoms with E-state index < -0.39 is 74.4 Å². The summed E-state index contributed by atoms with van der Waals surface area (Å²) in [5.41, 5.74) is 1.95. The minimum Gasteiger partial charge on any atom is -0.387 e. The summed E-state index contributed by atoms with van der Waals surface area (Å²) in [6, 6.07) is 21.6. The van der Waals surface area contributed by atoms with Crippen molar-refractivity contribution in [2.75, 3.05) is 0 Å². The molecule has 6 N–H and O–H groups in total. The summed E-state index contributed by atoms with van der Waals surface area (Å²) < 4.78 is 107. The van der Waals surface area contributed by atoms with Crippen molar-refractivity contribution < 1.29 is 120 Å². The molecule has 1 radical (unpaired) electrons. The first-order valence-corrected chi connectivity index (χ1v) is 18.8. The van der Waals surface area contributed by atoms with Gasteiger partial charge in [0.25, 0.3) is 0 Å². The van der Waals surface area contributed by atoms with Gasteiger partial charge in [-0.05, 0) is 46.5 Å². The van der Waals surface area contributed by atoms with Crippen LogP contribution >= 0.6 is 34.0 Å². The Morgan fingerprint density at radius 2 is 0.719 bits per heavy atom. The molecule has 1 aromatic carbocycles. The molecule has 57 heavy (non-hydrogen) atoms. The standard InChI is InChI=1S/C12H8N2.3C8H9F3O2S.Eu/c1-3-9-5-6-10-4-2-8-14-12(10)11(9)13-7-1;3*9-8(10,11)7(13)4-5(12)6-2-1-3-14-6;/h1-8H;3*1-3,5,7,12-13H,4H2;. The van der Waals surface area contributed by atoms with E-state index in [0.717, 1.165) is 55.8 Å². The number of alkyl halides is 9. The Kier molecular flexibility index (Phi) is 21.1. The Morgan fingerprint density at radius 1 is 0.439 bits per heavy atom. The Labute approximate surface area is 372 Å². The number of aliphatic hydroxyl groups is 6. The fourth-order valence-electron chi connectivity index (χ4n) is 4.51. The molecule has 0 fully saturated rings. The molecule has 6 atom stereocenters. The van der Waals surface area contributed by atoms with Gasteiger partial charge in [0.15, 0.2) is 18.3 Å². The van der Waals surface area contributed by atoms with Crippen molar-refractivity contribution in [3.05, 3.63) is 116 Å². The number of fused-ring (bicyclic) bond motifs is 3. The van der Waals surface area contributed by atoms with E-state index in [-0.39, 0.29) is 49.4 Å². The molecule has 0 bridgehead atoms. The molecule has 0 aliphatic carbocycles. The number of hydrogen-bond acceptors (Lipinski definition) is 11. The Balaban J connectivity index is 0.000000261. The van der Waals surface area contributed by atoms with Gasteiger partial charge in [-0.1, -0.05) is 42.5 Å². The molecule has 0 saturated heterocycles. The Bertz CT molecular complexity index is 1790. The number of rotatable bonds is 9. The third-order valence-corrected chi connectivity index (χ3v) is 10.4. The molecule has 0 amide bonds. The molecule has 0 spiro atoms.